The van der Waals surface area contributed by atoms with Crippen molar-refractivity contribution in [2.45, 2.75) is 11.4 Å². The maximum Gasteiger partial charge on any atom is 0.243 e. The molecule has 0 aliphatic carbocycles. The van der Waals surface area contributed by atoms with Gasteiger partial charge in [-0.25, -0.2) is 8.42 Å². The van der Waals surface area contributed by atoms with Crippen molar-refractivity contribution < 1.29 is 17.9 Å². The highest BCUT2D eigenvalue weighted by molar-refractivity contribution is 9.10. The summed E-state index contributed by atoms with van der Waals surface area (Å²) in [6, 6.07) is 17.8. The Balaban J connectivity index is 1.88. The van der Waals surface area contributed by atoms with Crippen LogP contribution in [0.2, 0.25) is 10.0 Å². The number of hydrogen-bond donors (Lipinski definition) is 1. The lowest BCUT2D eigenvalue weighted by atomic mass is 10.2. The predicted molar refractivity (Wildman–Crippen MR) is 130 cm³/mol. The quantitative estimate of drug-likeness (QED) is 0.391. The van der Waals surface area contributed by atoms with Crippen molar-refractivity contribution in [1.29, 1.82) is 0 Å². The number of nitrogens with one attached hydrogen (secondary N) is 1. The van der Waals surface area contributed by atoms with E-state index in [2.05, 4.69) is 21.2 Å². The number of ether oxygens (including phenoxy) is 1. The molecule has 32 heavy (non-hydrogen) atoms. The highest BCUT2D eigenvalue weighted by Crippen LogP contribution is 2.28. The first-order chi connectivity index (χ1) is 15.2. The van der Waals surface area contributed by atoms with E-state index in [1.165, 1.54) is 25.3 Å². The number of amides is 1. The summed E-state index contributed by atoms with van der Waals surface area (Å²) < 4.78 is 33.6. The maximum atomic E-state index is 13.3. The van der Waals surface area contributed by atoms with Crippen LogP contribution < -0.4 is 10.1 Å². The third-order valence-corrected chi connectivity index (χ3v) is 7.51. The Kier molecular flexibility index (Phi) is 8.19. The second-order valence-corrected chi connectivity index (χ2v) is 10.4. The lowest BCUT2D eigenvalue weighted by Gasteiger charge is -2.22. The number of carbonyl (C=O) groups excluding carboxylic acids is 1. The van der Waals surface area contributed by atoms with Crippen molar-refractivity contribution in [3.63, 3.8) is 0 Å². The average molecular weight is 558 g/mol. The van der Waals surface area contributed by atoms with E-state index in [4.69, 9.17) is 27.9 Å². The minimum atomic E-state index is -3.99. The van der Waals surface area contributed by atoms with Gasteiger partial charge in [-0.15, -0.1) is 0 Å². The van der Waals surface area contributed by atoms with E-state index in [1.54, 1.807) is 48.5 Å². The Morgan fingerprint density at radius 3 is 2.34 bits per heavy atom. The summed E-state index contributed by atoms with van der Waals surface area (Å²) in [4.78, 5) is 12.8. The number of nitrogens with zero attached hydrogens (tertiary/aromatic N) is 1. The molecule has 0 heterocycles. The highest BCUT2D eigenvalue weighted by Gasteiger charge is 2.27. The van der Waals surface area contributed by atoms with Gasteiger partial charge in [0.2, 0.25) is 15.9 Å². The first-order valence-corrected chi connectivity index (χ1v) is 12.3. The molecule has 6 nitrogen and oxygen atoms in total. The number of benzene rings is 3. The van der Waals surface area contributed by atoms with Crippen LogP contribution in [0, 0.1) is 0 Å². The molecule has 1 amide bonds. The zero-order valence-corrected chi connectivity index (χ0v) is 20.8. The van der Waals surface area contributed by atoms with Gasteiger partial charge in [0.15, 0.2) is 0 Å². The van der Waals surface area contributed by atoms with Gasteiger partial charge in [-0.3, -0.25) is 4.79 Å². The summed E-state index contributed by atoms with van der Waals surface area (Å²) >= 11 is 15.6. The minimum absolute atomic E-state index is 0.0630. The number of carbonyl (C=O) groups is 1. The Labute approximate surface area is 205 Å². The summed E-state index contributed by atoms with van der Waals surface area (Å²) in [5.41, 5.74) is 0.995. The molecule has 3 aromatic rings. The molecule has 0 fully saturated rings. The van der Waals surface area contributed by atoms with Gasteiger partial charge in [-0.05, 0) is 54.1 Å². The minimum Gasteiger partial charge on any atom is -0.495 e. The first kappa shape index (κ1) is 24.5. The first-order valence-electron chi connectivity index (χ1n) is 9.33. The fourth-order valence-electron chi connectivity index (χ4n) is 2.90. The van der Waals surface area contributed by atoms with Crippen molar-refractivity contribution in [1.82, 2.24) is 4.31 Å². The van der Waals surface area contributed by atoms with E-state index in [-0.39, 0.29) is 11.4 Å². The van der Waals surface area contributed by atoms with Gasteiger partial charge >= 0.3 is 0 Å². The van der Waals surface area contributed by atoms with E-state index in [0.717, 1.165) is 8.78 Å². The van der Waals surface area contributed by atoms with E-state index < -0.39 is 22.5 Å². The number of hydrogen-bond acceptors (Lipinski definition) is 4. The average Bonchev–Trinajstić information content (AvgIpc) is 2.75. The molecule has 0 spiro atoms. The molecule has 0 unspecified atom stereocenters. The summed E-state index contributed by atoms with van der Waals surface area (Å²) in [6.45, 7) is -0.498. The van der Waals surface area contributed by atoms with E-state index in [0.29, 0.717) is 27.0 Å². The number of methoxy groups -OCH3 is 1. The van der Waals surface area contributed by atoms with Gasteiger partial charge in [0.1, 0.15) is 5.75 Å². The lowest BCUT2D eigenvalue weighted by Crippen LogP contribution is -2.37. The number of rotatable bonds is 8. The zero-order valence-electron chi connectivity index (χ0n) is 16.9. The van der Waals surface area contributed by atoms with Crippen molar-refractivity contribution in [2.24, 2.45) is 0 Å². The fraction of sp³-hybridized carbons (Fsp3) is 0.136. The number of halogens is 3. The van der Waals surface area contributed by atoms with Gasteiger partial charge in [0, 0.05) is 21.7 Å². The van der Waals surface area contributed by atoms with Gasteiger partial charge in [0.25, 0.3) is 0 Å². The van der Waals surface area contributed by atoms with Crippen molar-refractivity contribution in [3.8, 4) is 5.75 Å². The van der Waals surface area contributed by atoms with Crippen molar-refractivity contribution in [3.05, 3.63) is 86.8 Å². The van der Waals surface area contributed by atoms with Gasteiger partial charge in [-0.2, -0.15) is 4.31 Å². The third kappa shape index (κ3) is 6.02. The van der Waals surface area contributed by atoms with Crippen LogP contribution >= 0.6 is 39.1 Å². The summed E-state index contributed by atoms with van der Waals surface area (Å²) in [5, 5.41) is 3.40. The monoisotopic (exact) mass is 556 g/mol. The third-order valence-electron chi connectivity index (χ3n) is 4.51. The van der Waals surface area contributed by atoms with Crippen LogP contribution in [-0.4, -0.2) is 32.3 Å². The van der Waals surface area contributed by atoms with E-state index in [9.17, 15) is 13.2 Å². The Hall–Kier alpha value is -2.10. The topological polar surface area (TPSA) is 75.7 Å². The predicted octanol–water partition coefficient (Wildman–Crippen LogP) is 5.59. The molecule has 3 aromatic carbocycles. The molecule has 0 bridgehead atoms. The molecule has 0 aromatic heterocycles. The summed E-state index contributed by atoms with van der Waals surface area (Å²) in [5.74, 6) is -0.0678. The second-order valence-electron chi connectivity index (χ2n) is 6.72. The molecule has 3 rings (SSSR count). The van der Waals surface area contributed by atoms with Crippen LogP contribution in [-0.2, 0) is 21.4 Å². The Morgan fingerprint density at radius 2 is 1.72 bits per heavy atom. The fourth-order valence-corrected chi connectivity index (χ4v) is 4.99. The molecule has 0 aliphatic heterocycles. The molecule has 0 atom stereocenters. The van der Waals surface area contributed by atoms with Crippen LogP contribution in [0.3, 0.4) is 0 Å². The van der Waals surface area contributed by atoms with Gasteiger partial charge < -0.3 is 10.1 Å². The standard InChI is InChI=1S/C22H19BrCl2N2O4S/c1-31-21-11-8-17(12-20(21)25)26-22(28)14-27(13-15-4-2-3-5-19(15)24)32(29,30)18-9-6-16(23)7-10-18/h2-12H,13-14H2,1H3,(H,26,28). The van der Waals surface area contributed by atoms with E-state index in [1.807, 2.05) is 0 Å². The van der Waals surface area contributed by atoms with Crippen LogP contribution in [0.15, 0.2) is 76.1 Å². The molecular weight excluding hydrogens is 539 g/mol. The maximum absolute atomic E-state index is 13.3. The van der Waals surface area contributed by atoms with Gasteiger partial charge in [0.05, 0.1) is 23.6 Å². The second kappa shape index (κ2) is 10.7. The molecule has 0 saturated heterocycles. The molecule has 0 saturated carbocycles. The molecular formula is C22H19BrCl2N2O4S. The van der Waals surface area contributed by atoms with Crippen molar-refractivity contribution in [2.75, 3.05) is 19.0 Å². The van der Waals surface area contributed by atoms with Crippen LogP contribution in [0.5, 0.6) is 5.75 Å². The van der Waals surface area contributed by atoms with Crippen molar-refractivity contribution >= 4 is 60.7 Å². The smallest absolute Gasteiger partial charge is 0.243 e. The lowest BCUT2D eigenvalue weighted by molar-refractivity contribution is -0.116. The summed E-state index contributed by atoms with van der Waals surface area (Å²) in [6.07, 6.45) is 0. The molecule has 10 heteroatoms. The van der Waals surface area contributed by atoms with Crippen LogP contribution in [0.1, 0.15) is 5.56 Å². The zero-order chi connectivity index (χ0) is 23.3. The largest absolute Gasteiger partial charge is 0.495 e. The Morgan fingerprint density at radius 1 is 1.03 bits per heavy atom. The van der Waals surface area contributed by atoms with Crippen LogP contribution in [0.25, 0.3) is 0 Å². The normalized spacial score (nSPS) is 11.4. The molecule has 168 valence electrons. The number of anilines is 1. The van der Waals surface area contributed by atoms with Gasteiger partial charge in [-0.1, -0.05) is 57.3 Å². The SMILES string of the molecule is COc1ccc(NC(=O)CN(Cc2ccccc2Cl)S(=O)(=O)c2ccc(Br)cc2)cc1Cl. The molecule has 0 aliphatic rings. The molecule has 1 N–H and O–H groups in total. The van der Waals surface area contributed by atoms with E-state index >= 15 is 0 Å². The highest BCUT2D eigenvalue weighted by atomic mass is 79.9. The Bertz CT molecular complexity index is 1220. The number of sulfonamides is 1. The molecule has 0 radical (unpaired) electrons. The summed E-state index contributed by atoms with van der Waals surface area (Å²) in [7, 11) is -2.51. The van der Waals surface area contributed by atoms with Crippen LogP contribution in [0.4, 0.5) is 5.69 Å².